The monoisotopic (exact) mass is 99.1 g/mol. The van der Waals surface area contributed by atoms with Crippen molar-refractivity contribution in [3.63, 3.8) is 0 Å². The van der Waals surface area contributed by atoms with Gasteiger partial charge in [0.2, 0.25) is 31.9 Å². The Morgan fingerprint density at radius 2 is 1.25 bits per heavy atom. The fourth-order valence-corrected chi connectivity index (χ4v) is 0.133. The van der Waals surface area contributed by atoms with E-state index in [1.807, 2.05) is 0 Å². The van der Waals surface area contributed by atoms with E-state index < -0.39 is 0 Å². The minimum Gasteiger partial charge on any atom is -0.451 e. The van der Waals surface area contributed by atoms with Crippen molar-refractivity contribution in [1.82, 2.24) is 9.44 Å². The van der Waals surface area contributed by atoms with Crippen molar-refractivity contribution in [2.45, 2.75) is 0 Å². The molecule has 0 rings (SSSR count). The Labute approximate surface area is 53.6 Å². The van der Waals surface area contributed by atoms with Gasteiger partial charge in [0.05, 0.1) is 0 Å². The van der Waals surface area contributed by atoms with E-state index in [-0.39, 0.29) is 5.96 Å². The van der Waals surface area contributed by atoms with Crippen LogP contribution in [0.25, 0.3) is 0 Å². The molecule has 8 radical (unpaired) electrons. The van der Waals surface area contributed by atoms with Crippen LogP contribution < -0.4 is 0 Å². The van der Waals surface area contributed by atoms with Gasteiger partial charge in [0, 0.05) is 0 Å². The predicted molar refractivity (Wildman–Crippen MR) is 34.4 cm³/mol. The molecule has 32 valence electrons. The highest BCUT2D eigenvalue weighted by Crippen LogP contribution is 1.77. The molecular weight excluding hydrogens is 97.3 g/mol. The maximum Gasteiger partial charge on any atom is 0.211 e. The third kappa shape index (κ3) is 2.00. The minimum atomic E-state index is -0.370. The molecular formula is CHB4N3. The van der Waals surface area contributed by atoms with E-state index in [1.165, 1.54) is 0 Å². The lowest BCUT2D eigenvalue weighted by Gasteiger charge is -2.22. The largest absolute Gasteiger partial charge is 0.451 e. The summed E-state index contributed by atoms with van der Waals surface area (Å²) in [6.07, 6.45) is 0. The summed E-state index contributed by atoms with van der Waals surface area (Å²) in [5.74, 6) is -0.370. The molecule has 0 bridgehead atoms. The van der Waals surface area contributed by atoms with Gasteiger partial charge in [0.15, 0.2) is 0 Å². The Morgan fingerprint density at radius 1 is 1.00 bits per heavy atom. The Balaban J connectivity index is 3.65. The van der Waals surface area contributed by atoms with Gasteiger partial charge in [-0.2, -0.15) is 0 Å². The number of nitrogens with zero attached hydrogens (tertiary/aromatic N) is 2. The minimum absolute atomic E-state index is 0.370. The zero-order valence-electron chi connectivity index (χ0n) is 4.20. The zero-order valence-corrected chi connectivity index (χ0v) is 4.20. The highest BCUT2D eigenvalue weighted by atomic mass is 15.2. The molecule has 7 heteroatoms. The third-order valence-corrected chi connectivity index (χ3v) is 0.489. The summed E-state index contributed by atoms with van der Waals surface area (Å²) in [4.78, 5) is 0. The van der Waals surface area contributed by atoms with Crippen LogP contribution in [0.1, 0.15) is 0 Å². The lowest BCUT2D eigenvalue weighted by Crippen LogP contribution is -2.38. The van der Waals surface area contributed by atoms with Crippen molar-refractivity contribution in [2.24, 2.45) is 0 Å². The zero-order chi connectivity index (χ0) is 6.73. The molecule has 0 aromatic rings. The van der Waals surface area contributed by atoms with Crippen LogP contribution in [-0.4, -0.2) is 47.3 Å². The van der Waals surface area contributed by atoms with Gasteiger partial charge in [-0.1, -0.05) is 0 Å². The molecule has 0 fully saturated rings. The Hall–Kier alpha value is -0.470. The van der Waals surface area contributed by atoms with Crippen LogP contribution in [0.3, 0.4) is 0 Å². The fraction of sp³-hybridized carbons (Fsp3) is 0. The number of hydrogen-bond acceptors (Lipinski definition) is 1. The van der Waals surface area contributed by atoms with Gasteiger partial charge in [-0.15, -0.1) is 0 Å². The first-order valence-corrected chi connectivity index (χ1v) is 1.73. The molecule has 1 N–H and O–H groups in total. The average Bonchev–Trinajstić information content (AvgIpc) is 1.64. The van der Waals surface area contributed by atoms with Gasteiger partial charge in [-0.25, -0.2) is 0 Å². The van der Waals surface area contributed by atoms with Gasteiger partial charge >= 0.3 is 0 Å². The van der Waals surface area contributed by atoms with Crippen molar-refractivity contribution < 1.29 is 0 Å². The molecule has 0 aromatic carbocycles. The van der Waals surface area contributed by atoms with Gasteiger partial charge in [-0.3, -0.25) is 5.41 Å². The smallest absolute Gasteiger partial charge is 0.211 e. The maximum absolute atomic E-state index is 6.75. The number of hydrogen-bond donors (Lipinski definition) is 1. The molecule has 0 amide bonds. The highest BCUT2D eigenvalue weighted by molar-refractivity contribution is 6.42. The van der Waals surface area contributed by atoms with Crippen LogP contribution in [0, 0.1) is 5.41 Å². The molecule has 0 heterocycles. The molecule has 0 aliphatic heterocycles. The molecule has 0 aliphatic rings. The Kier molecular flexibility index (Phi) is 2.58. The van der Waals surface area contributed by atoms with E-state index >= 15 is 0 Å². The molecule has 0 saturated heterocycles. The molecule has 3 nitrogen and oxygen atoms in total. The topological polar surface area (TPSA) is 30.3 Å². The van der Waals surface area contributed by atoms with E-state index in [0.717, 1.165) is 0 Å². The molecule has 0 spiro atoms. The lowest BCUT2D eigenvalue weighted by molar-refractivity contribution is 0.871. The molecule has 0 saturated carbocycles. The van der Waals surface area contributed by atoms with E-state index in [4.69, 9.17) is 37.3 Å². The lowest BCUT2D eigenvalue weighted by atomic mass is 10.1. The first-order valence-electron chi connectivity index (χ1n) is 1.73. The van der Waals surface area contributed by atoms with Crippen LogP contribution in [0.15, 0.2) is 0 Å². The summed E-state index contributed by atoms with van der Waals surface area (Å²) >= 11 is 0. The Bertz CT molecular complexity index is 79.3. The number of rotatable bonds is 0. The average molecular weight is 98.3 g/mol. The first-order chi connectivity index (χ1) is 3.55. The van der Waals surface area contributed by atoms with Crippen molar-refractivity contribution in [3.05, 3.63) is 0 Å². The SMILES string of the molecule is [B]N([B])C(=N)N([B])[B]. The van der Waals surface area contributed by atoms with Gasteiger partial charge in [-0.05, 0) is 0 Å². The molecule has 0 aromatic heterocycles. The summed E-state index contributed by atoms with van der Waals surface area (Å²) in [5.41, 5.74) is 0. The summed E-state index contributed by atoms with van der Waals surface area (Å²) in [6, 6.07) is 0. The molecule has 0 unspecified atom stereocenters. The van der Waals surface area contributed by atoms with Crippen LogP contribution in [0.5, 0.6) is 0 Å². The second-order valence-electron chi connectivity index (χ2n) is 1.14. The molecule has 0 aliphatic carbocycles. The standard InChI is InChI=1S/CHB4N3/c2-7(3)1(6)8(4)5/h6H. The highest BCUT2D eigenvalue weighted by Gasteiger charge is 1.96. The van der Waals surface area contributed by atoms with Gasteiger partial charge < -0.3 is 9.44 Å². The van der Waals surface area contributed by atoms with Crippen LogP contribution in [0.4, 0.5) is 0 Å². The third-order valence-electron chi connectivity index (χ3n) is 0.489. The maximum atomic E-state index is 6.75. The fourth-order valence-electron chi connectivity index (χ4n) is 0.133. The predicted octanol–water partition coefficient (Wildman–Crippen LogP) is -2.14. The number of nitrogens with one attached hydrogen (secondary N) is 1. The number of guanidine groups is 1. The quantitative estimate of drug-likeness (QED) is 0.213. The summed E-state index contributed by atoms with van der Waals surface area (Å²) in [7, 11) is 19.3. The molecule has 0 atom stereocenters. The van der Waals surface area contributed by atoms with E-state index in [1.54, 1.807) is 0 Å². The van der Waals surface area contributed by atoms with Crippen LogP contribution in [-0.2, 0) is 0 Å². The second-order valence-corrected chi connectivity index (χ2v) is 1.14. The normalized spacial score (nSPS) is 8.00. The van der Waals surface area contributed by atoms with Crippen molar-refractivity contribution in [3.8, 4) is 0 Å². The van der Waals surface area contributed by atoms with E-state index in [9.17, 15) is 0 Å². The van der Waals surface area contributed by atoms with Crippen molar-refractivity contribution >= 4 is 37.9 Å². The van der Waals surface area contributed by atoms with Gasteiger partial charge in [0.25, 0.3) is 0 Å². The van der Waals surface area contributed by atoms with Crippen LogP contribution >= 0.6 is 0 Å². The van der Waals surface area contributed by atoms with Gasteiger partial charge in [0.1, 0.15) is 5.96 Å². The molecule has 8 heavy (non-hydrogen) atoms. The Morgan fingerprint density at radius 3 is 1.25 bits per heavy atom. The van der Waals surface area contributed by atoms with Crippen molar-refractivity contribution in [2.75, 3.05) is 0 Å². The van der Waals surface area contributed by atoms with E-state index in [0.29, 0.717) is 9.44 Å². The summed E-state index contributed by atoms with van der Waals surface area (Å²) < 4.78 is 1.00. The summed E-state index contributed by atoms with van der Waals surface area (Å²) in [5, 5.41) is 6.75. The second kappa shape index (κ2) is 2.74. The van der Waals surface area contributed by atoms with Crippen molar-refractivity contribution in [1.29, 1.82) is 5.41 Å². The van der Waals surface area contributed by atoms with Crippen LogP contribution in [0.2, 0.25) is 0 Å². The first kappa shape index (κ1) is 7.53. The summed E-state index contributed by atoms with van der Waals surface area (Å²) in [6.45, 7) is 0. The van der Waals surface area contributed by atoms with E-state index in [2.05, 4.69) is 0 Å².